The minimum Gasteiger partial charge on any atom is -0.454 e. The Labute approximate surface area is 238 Å². The van der Waals surface area contributed by atoms with Crippen molar-refractivity contribution in [2.75, 3.05) is 0 Å². The van der Waals surface area contributed by atoms with Crippen LogP contribution in [0.2, 0.25) is 0 Å². The number of alkyl halides is 6. The average Bonchev–Trinajstić information content (AvgIpc) is 3.42. The Balaban J connectivity index is 1.36. The van der Waals surface area contributed by atoms with Gasteiger partial charge in [0, 0.05) is 12.8 Å². The van der Waals surface area contributed by atoms with Gasteiger partial charge in [0.1, 0.15) is 6.10 Å². The van der Waals surface area contributed by atoms with Crippen LogP contribution in [0, 0.1) is 22.7 Å². The standard InChI is InChI=1S/C27H36F6O9/c1-12(2)24(6,11-23(3,4)5)22(36)39-16-14-15(37-19(16)35)17-20(38-14)42-25(41-17)9-7-13(8-10-25)18(34)40-21(26(28,29)30)27(31,32)33/h12-17,20-21H,7-11H2,1-6H3. The lowest BCUT2D eigenvalue weighted by Gasteiger charge is -2.37. The molecule has 4 rings (SSSR count). The maximum Gasteiger partial charge on any atom is 0.434 e. The molecular formula is C27H36F6O9. The molecule has 3 aliphatic heterocycles. The van der Waals surface area contributed by atoms with E-state index in [4.69, 9.17) is 23.7 Å². The van der Waals surface area contributed by atoms with Crippen LogP contribution in [0.15, 0.2) is 0 Å². The molecular weight excluding hydrogens is 582 g/mol. The third-order valence-electron chi connectivity index (χ3n) is 8.45. The van der Waals surface area contributed by atoms with Crippen LogP contribution in [0.5, 0.6) is 0 Å². The first-order valence-corrected chi connectivity index (χ1v) is 13.8. The second kappa shape index (κ2) is 10.8. The molecule has 0 aromatic rings. The number of halogens is 6. The molecule has 4 fully saturated rings. The largest absolute Gasteiger partial charge is 0.454 e. The number of ether oxygens (including phenoxy) is 6. The van der Waals surface area contributed by atoms with Crippen molar-refractivity contribution in [2.45, 2.75) is 129 Å². The minimum atomic E-state index is -5.81. The summed E-state index contributed by atoms with van der Waals surface area (Å²) in [6.45, 7) is 11.5. The van der Waals surface area contributed by atoms with E-state index in [1.54, 1.807) is 6.92 Å². The van der Waals surface area contributed by atoms with E-state index in [-0.39, 0.29) is 37.0 Å². The van der Waals surface area contributed by atoms with Crippen LogP contribution >= 0.6 is 0 Å². The minimum absolute atomic E-state index is 0.0604. The Morgan fingerprint density at radius 3 is 2.00 bits per heavy atom. The van der Waals surface area contributed by atoms with Gasteiger partial charge in [-0.3, -0.25) is 9.59 Å². The molecule has 1 spiro atoms. The Morgan fingerprint density at radius 1 is 0.929 bits per heavy atom. The summed E-state index contributed by atoms with van der Waals surface area (Å²) in [4.78, 5) is 38.2. The maximum atomic E-state index is 13.3. The lowest BCUT2D eigenvalue weighted by molar-refractivity contribution is -0.315. The van der Waals surface area contributed by atoms with Crippen LogP contribution in [0.4, 0.5) is 26.3 Å². The van der Waals surface area contributed by atoms with Crippen molar-refractivity contribution in [2.24, 2.45) is 22.7 Å². The summed E-state index contributed by atoms with van der Waals surface area (Å²) in [5.74, 6) is -5.69. The monoisotopic (exact) mass is 618 g/mol. The molecule has 1 aliphatic carbocycles. The van der Waals surface area contributed by atoms with E-state index in [1.165, 1.54) is 0 Å². The molecule has 0 N–H and O–H groups in total. The second-order valence-corrected chi connectivity index (χ2v) is 13.3. The normalized spacial score (nSPS) is 34.8. The highest BCUT2D eigenvalue weighted by Gasteiger charge is 2.67. The molecule has 6 unspecified atom stereocenters. The van der Waals surface area contributed by atoms with Gasteiger partial charge in [-0.05, 0) is 37.5 Å². The molecule has 0 amide bonds. The van der Waals surface area contributed by atoms with Crippen molar-refractivity contribution in [1.29, 1.82) is 0 Å². The highest BCUT2D eigenvalue weighted by molar-refractivity contribution is 5.84. The summed E-state index contributed by atoms with van der Waals surface area (Å²) in [5.41, 5.74) is -1.11. The predicted octanol–water partition coefficient (Wildman–Crippen LogP) is 4.99. The van der Waals surface area contributed by atoms with Gasteiger partial charge in [-0.15, -0.1) is 0 Å². The molecule has 0 bridgehead atoms. The number of hydrogen-bond acceptors (Lipinski definition) is 9. The summed E-state index contributed by atoms with van der Waals surface area (Å²) < 4.78 is 110. The maximum absolute atomic E-state index is 13.3. The molecule has 0 radical (unpaired) electrons. The Morgan fingerprint density at radius 2 is 1.50 bits per heavy atom. The van der Waals surface area contributed by atoms with E-state index in [2.05, 4.69) is 4.74 Å². The van der Waals surface area contributed by atoms with E-state index in [0.717, 1.165) is 0 Å². The van der Waals surface area contributed by atoms with Crippen LogP contribution in [0.3, 0.4) is 0 Å². The fourth-order valence-electron chi connectivity index (χ4n) is 6.11. The highest BCUT2D eigenvalue weighted by Crippen LogP contribution is 2.50. The topological polar surface area (TPSA) is 107 Å². The zero-order valence-electron chi connectivity index (χ0n) is 24.1. The third kappa shape index (κ3) is 6.37. The fourth-order valence-corrected chi connectivity index (χ4v) is 6.11. The molecule has 6 atom stereocenters. The van der Waals surface area contributed by atoms with E-state index >= 15 is 0 Å². The van der Waals surface area contributed by atoms with E-state index in [9.17, 15) is 40.7 Å². The molecule has 3 heterocycles. The molecule has 0 aromatic carbocycles. The van der Waals surface area contributed by atoms with Crippen molar-refractivity contribution < 1.29 is 69.1 Å². The molecule has 3 saturated heterocycles. The molecule has 1 saturated carbocycles. The number of carbonyl (C=O) groups is 3. The average molecular weight is 619 g/mol. The van der Waals surface area contributed by atoms with E-state index in [0.29, 0.717) is 6.42 Å². The first kappa shape index (κ1) is 32.8. The molecule has 9 nitrogen and oxygen atoms in total. The first-order chi connectivity index (χ1) is 19.1. The predicted molar refractivity (Wildman–Crippen MR) is 128 cm³/mol. The Hall–Kier alpha value is -2.13. The molecule has 4 aliphatic rings. The van der Waals surface area contributed by atoms with Crippen molar-refractivity contribution in [3.05, 3.63) is 0 Å². The third-order valence-corrected chi connectivity index (χ3v) is 8.45. The van der Waals surface area contributed by atoms with Crippen LogP contribution in [-0.4, -0.2) is 72.9 Å². The summed E-state index contributed by atoms with van der Waals surface area (Å²) in [7, 11) is 0. The van der Waals surface area contributed by atoms with Gasteiger partial charge in [-0.2, -0.15) is 26.3 Å². The number of fused-ring (bicyclic) bond motifs is 3. The summed E-state index contributed by atoms with van der Waals surface area (Å²) in [5, 5.41) is 0. The van der Waals surface area contributed by atoms with Gasteiger partial charge >= 0.3 is 30.3 Å². The van der Waals surface area contributed by atoms with Gasteiger partial charge in [-0.25, -0.2) is 4.79 Å². The Bertz CT molecular complexity index is 1050. The molecule has 240 valence electrons. The number of rotatable bonds is 6. The number of carbonyl (C=O) groups excluding carboxylic acids is 3. The highest BCUT2D eigenvalue weighted by atomic mass is 19.4. The summed E-state index contributed by atoms with van der Waals surface area (Å²) >= 11 is 0. The van der Waals surface area contributed by atoms with Crippen LogP contribution in [0.1, 0.15) is 73.6 Å². The van der Waals surface area contributed by atoms with Crippen molar-refractivity contribution in [3.63, 3.8) is 0 Å². The first-order valence-electron chi connectivity index (χ1n) is 13.8. The molecule has 42 heavy (non-hydrogen) atoms. The summed E-state index contributed by atoms with van der Waals surface area (Å²) in [6.07, 6.45) is -21.1. The molecule has 15 heteroatoms. The van der Waals surface area contributed by atoms with Gasteiger partial charge in [0.25, 0.3) is 6.10 Å². The van der Waals surface area contributed by atoms with E-state index < -0.39 is 84.2 Å². The summed E-state index contributed by atoms with van der Waals surface area (Å²) in [6, 6.07) is 0. The zero-order chi connectivity index (χ0) is 31.6. The Kier molecular flexibility index (Phi) is 8.42. The zero-order valence-corrected chi connectivity index (χ0v) is 24.1. The van der Waals surface area contributed by atoms with Gasteiger partial charge in [0.2, 0.25) is 6.10 Å². The van der Waals surface area contributed by atoms with Gasteiger partial charge in [-0.1, -0.05) is 34.6 Å². The van der Waals surface area contributed by atoms with Gasteiger partial charge in [0.15, 0.2) is 24.3 Å². The molecule has 0 aromatic heterocycles. The van der Waals surface area contributed by atoms with E-state index in [1.807, 2.05) is 34.6 Å². The lowest BCUT2D eigenvalue weighted by atomic mass is 9.69. The van der Waals surface area contributed by atoms with Gasteiger partial charge in [0.05, 0.1) is 11.3 Å². The number of hydrogen-bond donors (Lipinski definition) is 0. The fraction of sp³-hybridized carbons (Fsp3) is 0.889. The van der Waals surface area contributed by atoms with Crippen LogP contribution in [0.25, 0.3) is 0 Å². The van der Waals surface area contributed by atoms with Crippen molar-refractivity contribution >= 4 is 17.9 Å². The smallest absolute Gasteiger partial charge is 0.434 e. The SMILES string of the molecule is CC(C)C(C)(CC(C)(C)C)C(=O)OC1C(=O)OC2C3OC4(CCC(C(=O)OC(C(F)(F)F)C(F)(F)F)CC4)OC3OC12. The van der Waals surface area contributed by atoms with Crippen molar-refractivity contribution in [1.82, 2.24) is 0 Å². The van der Waals surface area contributed by atoms with Crippen molar-refractivity contribution in [3.8, 4) is 0 Å². The van der Waals surface area contributed by atoms with Crippen LogP contribution < -0.4 is 0 Å². The quantitative estimate of drug-likeness (QED) is 0.231. The second-order valence-electron chi connectivity index (χ2n) is 13.3. The van der Waals surface area contributed by atoms with Crippen LogP contribution in [-0.2, 0) is 42.8 Å². The van der Waals surface area contributed by atoms with Gasteiger partial charge < -0.3 is 28.4 Å². The number of esters is 3. The lowest BCUT2D eigenvalue weighted by Crippen LogP contribution is -2.47.